The third-order valence-corrected chi connectivity index (χ3v) is 5.51. The predicted molar refractivity (Wildman–Crippen MR) is 80.8 cm³/mol. The number of aromatic nitrogens is 2. The molecule has 8 heteroatoms. The average Bonchev–Trinajstić information content (AvgIpc) is 2.56. The molecule has 0 radical (unpaired) electrons. The second-order valence-electron chi connectivity index (χ2n) is 5.26. The first-order valence-electron chi connectivity index (χ1n) is 7.26. The van der Waals surface area contributed by atoms with Crippen LogP contribution in [0.4, 0.5) is 4.39 Å². The Balaban J connectivity index is 1.74. The summed E-state index contributed by atoms with van der Waals surface area (Å²) in [7, 11) is -3.65. The van der Waals surface area contributed by atoms with Gasteiger partial charge in [0.15, 0.2) is 0 Å². The summed E-state index contributed by atoms with van der Waals surface area (Å²) in [5.74, 6) is -0.0926. The summed E-state index contributed by atoms with van der Waals surface area (Å²) in [5, 5.41) is 7.58. The van der Waals surface area contributed by atoms with Crippen molar-refractivity contribution < 1.29 is 17.5 Å². The molecule has 0 saturated carbocycles. The molecule has 0 bridgehead atoms. The molecule has 1 fully saturated rings. The van der Waals surface area contributed by atoms with E-state index in [2.05, 4.69) is 10.2 Å². The summed E-state index contributed by atoms with van der Waals surface area (Å²) in [4.78, 5) is 0.0825. The van der Waals surface area contributed by atoms with Gasteiger partial charge >= 0.3 is 0 Å². The van der Waals surface area contributed by atoms with Crippen LogP contribution < -0.4 is 4.74 Å². The van der Waals surface area contributed by atoms with Crippen molar-refractivity contribution in [2.45, 2.75) is 23.8 Å². The van der Waals surface area contributed by atoms with Gasteiger partial charge in [-0.1, -0.05) is 0 Å². The van der Waals surface area contributed by atoms with Crippen molar-refractivity contribution in [3.63, 3.8) is 0 Å². The highest BCUT2D eigenvalue weighted by Crippen LogP contribution is 2.23. The van der Waals surface area contributed by atoms with Crippen LogP contribution in [0.2, 0.25) is 0 Å². The average molecular weight is 337 g/mol. The minimum Gasteiger partial charge on any atom is -0.472 e. The van der Waals surface area contributed by atoms with Crippen LogP contribution in [0.15, 0.2) is 47.5 Å². The zero-order chi connectivity index (χ0) is 16.3. The van der Waals surface area contributed by atoms with Crippen LogP contribution in [-0.4, -0.2) is 42.1 Å². The summed E-state index contributed by atoms with van der Waals surface area (Å²) in [6.45, 7) is 0.649. The molecule has 122 valence electrons. The number of sulfonamides is 1. The quantitative estimate of drug-likeness (QED) is 0.851. The van der Waals surface area contributed by atoms with Gasteiger partial charge in [0.2, 0.25) is 15.9 Å². The second kappa shape index (κ2) is 6.59. The lowest BCUT2D eigenvalue weighted by Crippen LogP contribution is -2.44. The molecule has 2 aromatic rings. The molecule has 2 heterocycles. The van der Waals surface area contributed by atoms with Gasteiger partial charge in [-0.25, -0.2) is 12.8 Å². The summed E-state index contributed by atoms with van der Waals surface area (Å²) < 4.78 is 45.3. The molecule has 1 saturated heterocycles. The first kappa shape index (κ1) is 15.8. The Bertz CT molecular complexity index is 753. The molecule has 1 aliphatic heterocycles. The van der Waals surface area contributed by atoms with Crippen molar-refractivity contribution >= 4 is 10.0 Å². The third kappa shape index (κ3) is 3.65. The molecule has 1 aromatic heterocycles. The van der Waals surface area contributed by atoms with Crippen molar-refractivity contribution in [1.82, 2.24) is 14.5 Å². The molecule has 0 aliphatic carbocycles. The zero-order valence-electron chi connectivity index (χ0n) is 12.3. The van der Waals surface area contributed by atoms with E-state index in [9.17, 15) is 12.8 Å². The maximum atomic E-state index is 13.0. The number of rotatable bonds is 4. The van der Waals surface area contributed by atoms with E-state index >= 15 is 0 Å². The van der Waals surface area contributed by atoms with E-state index in [1.165, 1.54) is 16.4 Å². The van der Waals surface area contributed by atoms with Gasteiger partial charge in [0.25, 0.3) is 0 Å². The highest BCUT2D eigenvalue weighted by atomic mass is 32.2. The van der Waals surface area contributed by atoms with Crippen LogP contribution in [0.25, 0.3) is 0 Å². The number of piperidine rings is 1. The normalized spacial score (nSPS) is 19.4. The van der Waals surface area contributed by atoms with Crippen molar-refractivity contribution in [2.75, 3.05) is 13.1 Å². The standard InChI is InChI=1S/C15H16FN3O3S/c16-12-5-7-14(8-6-12)23(20,21)19-10-2-3-13(11-19)22-15-4-1-9-17-18-15/h1,4-9,13H,2-3,10-11H2. The second-order valence-corrected chi connectivity index (χ2v) is 7.20. The highest BCUT2D eigenvalue weighted by Gasteiger charge is 2.31. The van der Waals surface area contributed by atoms with Crippen LogP contribution in [0, 0.1) is 5.82 Å². The first-order chi connectivity index (χ1) is 11.1. The largest absolute Gasteiger partial charge is 0.472 e. The van der Waals surface area contributed by atoms with Gasteiger partial charge in [0, 0.05) is 18.8 Å². The van der Waals surface area contributed by atoms with Crippen LogP contribution >= 0.6 is 0 Å². The highest BCUT2D eigenvalue weighted by molar-refractivity contribution is 7.89. The number of nitrogens with zero attached hydrogens (tertiary/aromatic N) is 3. The van der Waals surface area contributed by atoms with Gasteiger partial charge in [-0.3, -0.25) is 0 Å². The fourth-order valence-corrected chi connectivity index (χ4v) is 4.01. The van der Waals surface area contributed by atoms with Crippen LogP contribution in [0.1, 0.15) is 12.8 Å². The van der Waals surface area contributed by atoms with Gasteiger partial charge in [0.05, 0.1) is 11.4 Å². The number of benzene rings is 1. The SMILES string of the molecule is O=S(=O)(c1ccc(F)cc1)N1CCCC(Oc2cccnn2)C1. The van der Waals surface area contributed by atoms with E-state index in [-0.39, 0.29) is 17.5 Å². The monoisotopic (exact) mass is 337 g/mol. The molecular weight excluding hydrogens is 321 g/mol. The summed E-state index contributed by atoms with van der Waals surface area (Å²) in [6, 6.07) is 8.23. The number of halogens is 1. The Morgan fingerprint density at radius 3 is 2.70 bits per heavy atom. The smallest absolute Gasteiger partial charge is 0.243 e. The molecule has 0 amide bonds. The Kier molecular flexibility index (Phi) is 4.53. The number of hydrogen-bond donors (Lipinski definition) is 0. The van der Waals surface area contributed by atoms with Crippen LogP contribution in [0.3, 0.4) is 0 Å². The van der Waals surface area contributed by atoms with Gasteiger partial charge in [-0.2, -0.15) is 9.40 Å². The summed E-state index contributed by atoms with van der Waals surface area (Å²) >= 11 is 0. The summed E-state index contributed by atoms with van der Waals surface area (Å²) in [6.07, 6.45) is 2.69. The molecule has 1 unspecified atom stereocenters. The third-order valence-electron chi connectivity index (χ3n) is 3.63. The van der Waals surface area contributed by atoms with Crippen molar-refractivity contribution in [3.8, 4) is 5.88 Å². The Morgan fingerprint density at radius 2 is 2.00 bits per heavy atom. The van der Waals surface area contributed by atoms with Crippen molar-refractivity contribution in [3.05, 3.63) is 48.4 Å². The molecule has 0 spiro atoms. The van der Waals surface area contributed by atoms with E-state index in [0.29, 0.717) is 18.8 Å². The molecule has 1 atom stereocenters. The topological polar surface area (TPSA) is 72.4 Å². The van der Waals surface area contributed by atoms with E-state index in [4.69, 9.17) is 4.74 Å². The number of hydrogen-bond acceptors (Lipinski definition) is 5. The maximum absolute atomic E-state index is 13.0. The fourth-order valence-electron chi connectivity index (χ4n) is 2.50. The van der Waals surface area contributed by atoms with Gasteiger partial charge in [0.1, 0.15) is 11.9 Å². The van der Waals surface area contributed by atoms with Crippen molar-refractivity contribution in [1.29, 1.82) is 0 Å². The predicted octanol–water partition coefficient (Wildman–Crippen LogP) is 1.85. The molecule has 23 heavy (non-hydrogen) atoms. The lowest BCUT2D eigenvalue weighted by atomic mass is 10.1. The summed E-state index contributed by atoms with van der Waals surface area (Å²) in [5.41, 5.74) is 0. The van der Waals surface area contributed by atoms with Crippen LogP contribution in [-0.2, 0) is 10.0 Å². The minimum atomic E-state index is -3.65. The fraction of sp³-hybridized carbons (Fsp3) is 0.333. The lowest BCUT2D eigenvalue weighted by Gasteiger charge is -2.31. The Morgan fingerprint density at radius 1 is 1.22 bits per heavy atom. The maximum Gasteiger partial charge on any atom is 0.243 e. The molecule has 6 nitrogen and oxygen atoms in total. The molecule has 0 N–H and O–H groups in total. The van der Waals surface area contributed by atoms with E-state index in [1.807, 2.05) is 0 Å². The van der Waals surface area contributed by atoms with Gasteiger partial charge in [-0.15, -0.1) is 5.10 Å². The van der Waals surface area contributed by atoms with Crippen molar-refractivity contribution in [2.24, 2.45) is 0 Å². The molecule has 1 aromatic carbocycles. The molecular formula is C15H16FN3O3S. The van der Waals surface area contributed by atoms with E-state index in [1.54, 1.807) is 18.3 Å². The Labute approximate surface area is 134 Å². The van der Waals surface area contributed by atoms with E-state index in [0.717, 1.165) is 18.6 Å². The van der Waals surface area contributed by atoms with Gasteiger partial charge < -0.3 is 4.74 Å². The molecule has 1 aliphatic rings. The van der Waals surface area contributed by atoms with Crippen LogP contribution in [0.5, 0.6) is 5.88 Å². The zero-order valence-corrected chi connectivity index (χ0v) is 13.1. The number of ether oxygens (including phenoxy) is 1. The first-order valence-corrected chi connectivity index (χ1v) is 8.70. The molecule has 3 rings (SSSR count). The lowest BCUT2D eigenvalue weighted by molar-refractivity contribution is 0.123. The van der Waals surface area contributed by atoms with E-state index < -0.39 is 15.8 Å². The Hall–Kier alpha value is -2.06. The minimum absolute atomic E-state index is 0.0825. The van der Waals surface area contributed by atoms with Gasteiger partial charge in [-0.05, 0) is 43.2 Å².